The summed E-state index contributed by atoms with van der Waals surface area (Å²) in [6.07, 6.45) is 2.65. The van der Waals surface area contributed by atoms with E-state index in [9.17, 15) is 9.90 Å². The predicted molar refractivity (Wildman–Crippen MR) is 91.5 cm³/mol. The Morgan fingerprint density at radius 3 is 2.54 bits per heavy atom. The van der Waals surface area contributed by atoms with Gasteiger partial charge in [0.25, 0.3) is 0 Å². The van der Waals surface area contributed by atoms with Crippen molar-refractivity contribution in [3.05, 3.63) is 40.3 Å². The maximum atomic E-state index is 13.3. The van der Waals surface area contributed by atoms with E-state index in [0.717, 1.165) is 5.69 Å². The van der Waals surface area contributed by atoms with Crippen LogP contribution in [0, 0.1) is 23.3 Å². The first kappa shape index (κ1) is 16.8. The van der Waals surface area contributed by atoms with Gasteiger partial charge in [0.2, 0.25) is 5.70 Å². The molecule has 0 radical (unpaired) electrons. The van der Waals surface area contributed by atoms with Gasteiger partial charge < -0.3 is 5.11 Å². The minimum absolute atomic E-state index is 0.0472. The van der Waals surface area contributed by atoms with Crippen molar-refractivity contribution in [2.45, 2.75) is 59.9 Å². The molecule has 0 saturated heterocycles. The average molecular weight is 327 g/mol. The van der Waals surface area contributed by atoms with E-state index in [-0.39, 0.29) is 23.0 Å². The van der Waals surface area contributed by atoms with Gasteiger partial charge in [-0.1, -0.05) is 20.8 Å². The fourth-order valence-electron chi connectivity index (χ4n) is 4.54. The van der Waals surface area contributed by atoms with E-state index in [1.807, 2.05) is 25.5 Å². The van der Waals surface area contributed by atoms with Gasteiger partial charge in [-0.15, -0.1) is 0 Å². The number of ketones is 1. The number of Topliss-reactive ketones (excluding diaryl/α,β-unsaturated/α-hetero) is 1. The summed E-state index contributed by atoms with van der Waals surface area (Å²) in [4.78, 5) is 16.8. The predicted octanol–water partition coefficient (Wildman–Crippen LogP) is 4.12. The van der Waals surface area contributed by atoms with E-state index < -0.39 is 10.8 Å². The third-order valence-electron chi connectivity index (χ3n) is 5.86. The van der Waals surface area contributed by atoms with Gasteiger partial charge in [-0.3, -0.25) is 9.48 Å². The third kappa shape index (κ3) is 1.98. The lowest BCUT2D eigenvalue weighted by Gasteiger charge is -2.51. The smallest absolute Gasteiger partial charge is 0.203 e. The second kappa shape index (κ2) is 4.72. The molecule has 5 heteroatoms. The van der Waals surface area contributed by atoms with Gasteiger partial charge in [0.15, 0.2) is 5.78 Å². The average Bonchev–Trinajstić information content (AvgIpc) is 2.90. The highest BCUT2D eigenvalue weighted by Gasteiger charge is 2.57. The summed E-state index contributed by atoms with van der Waals surface area (Å²) in [5.41, 5.74) is 0.438. The number of fused-ring (bicyclic) bond motifs is 2. The normalized spacial score (nSPS) is 29.0. The number of hydrogen-bond donors (Lipinski definition) is 1. The number of carbonyl (C=O) groups is 1. The molecule has 0 aliphatic heterocycles. The van der Waals surface area contributed by atoms with Crippen LogP contribution in [-0.2, 0) is 12.0 Å². The molecule has 0 aromatic carbocycles. The minimum Gasteiger partial charge on any atom is -0.523 e. The van der Waals surface area contributed by atoms with E-state index in [2.05, 4.69) is 30.7 Å². The number of aromatic nitrogens is 2. The molecule has 2 aliphatic carbocycles. The Morgan fingerprint density at radius 1 is 1.38 bits per heavy atom. The van der Waals surface area contributed by atoms with E-state index in [0.29, 0.717) is 24.1 Å². The Labute approximate surface area is 143 Å². The molecule has 0 fully saturated rings. The largest absolute Gasteiger partial charge is 0.523 e. The quantitative estimate of drug-likeness (QED) is 0.729. The molecular formula is C19H25N3O2. The first-order chi connectivity index (χ1) is 10.9. The first-order valence-corrected chi connectivity index (χ1v) is 8.37. The molecule has 1 aromatic rings. The van der Waals surface area contributed by atoms with Crippen LogP contribution in [0.1, 0.15) is 64.0 Å². The van der Waals surface area contributed by atoms with E-state index in [4.69, 9.17) is 6.57 Å². The van der Waals surface area contributed by atoms with Crippen molar-refractivity contribution in [3.8, 4) is 0 Å². The monoisotopic (exact) mass is 327 g/mol. The van der Waals surface area contributed by atoms with Gasteiger partial charge in [-0.05, 0) is 39.5 Å². The third-order valence-corrected chi connectivity index (χ3v) is 5.86. The standard InChI is InChI=1S/C19H25N3O2/c1-17(2,3)22-13-8-14-18(4,5)16(24)12(20-7)9-19(14,6)15(23)11(13)10-21-22/h10,14,24H,8-9H2,1-6H3/t14-,19-/m0/s1. The Hall–Kier alpha value is -2.09. The van der Waals surface area contributed by atoms with Crippen LogP contribution in [0.3, 0.4) is 0 Å². The van der Waals surface area contributed by atoms with Crippen molar-refractivity contribution in [1.29, 1.82) is 0 Å². The molecule has 0 unspecified atom stereocenters. The fraction of sp³-hybridized carbons (Fsp3) is 0.632. The number of allylic oxidation sites excluding steroid dienone is 2. The van der Waals surface area contributed by atoms with Crippen molar-refractivity contribution in [1.82, 2.24) is 9.78 Å². The Morgan fingerprint density at radius 2 is 2.00 bits per heavy atom. The van der Waals surface area contributed by atoms with Crippen LogP contribution in [0.5, 0.6) is 0 Å². The van der Waals surface area contributed by atoms with E-state index in [1.165, 1.54) is 0 Å². The van der Waals surface area contributed by atoms with Gasteiger partial charge in [0, 0.05) is 10.8 Å². The van der Waals surface area contributed by atoms with Gasteiger partial charge in [0.1, 0.15) is 5.76 Å². The lowest BCUT2D eigenvalue weighted by molar-refractivity contribution is 0.0214. The molecule has 1 heterocycles. The highest BCUT2D eigenvalue weighted by atomic mass is 16.3. The maximum Gasteiger partial charge on any atom is 0.203 e. The fourth-order valence-corrected chi connectivity index (χ4v) is 4.54. The lowest BCUT2D eigenvalue weighted by Crippen LogP contribution is -2.52. The Kier molecular flexibility index (Phi) is 3.29. The topological polar surface area (TPSA) is 59.5 Å². The molecule has 3 rings (SSSR count). The summed E-state index contributed by atoms with van der Waals surface area (Å²) in [7, 11) is 0. The van der Waals surface area contributed by atoms with Crippen LogP contribution in [0.4, 0.5) is 0 Å². The minimum atomic E-state index is -0.672. The summed E-state index contributed by atoms with van der Waals surface area (Å²) >= 11 is 0. The van der Waals surface area contributed by atoms with Crippen molar-refractivity contribution >= 4 is 5.78 Å². The Balaban J connectivity index is 2.21. The Bertz CT molecular complexity index is 802. The number of aliphatic hydroxyl groups excluding tert-OH is 1. The van der Waals surface area contributed by atoms with Crippen LogP contribution in [0.15, 0.2) is 17.7 Å². The summed E-state index contributed by atoms with van der Waals surface area (Å²) in [6.45, 7) is 19.4. The van der Waals surface area contributed by atoms with Crippen LogP contribution in [-0.4, -0.2) is 20.7 Å². The van der Waals surface area contributed by atoms with Gasteiger partial charge in [0.05, 0.1) is 29.6 Å². The molecule has 2 atom stereocenters. The molecule has 24 heavy (non-hydrogen) atoms. The number of carbonyl (C=O) groups excluding carboxylic acids is 1. The van der Waals surface area contributed by atoms with Crippen molar-refractivity contribution in [2.24, 2.45) is 16.7 Å². The molecule has 1 aromatic heterocycles. The second-order valence-electron chi connectivity index (χ2n) is 8.90. The highest BCUT2D eigenvalue weighted by Crippen LogP contribution is 2.57. The molecule has 128 valence electrons. The van der Waals surface area contributed by atoms with E-state index in [1.54, 1.807) is 6.20 Å². The van der Waals surface area contributed by atoms with E-state index >= 15 is 0 Å². The molecule has 1 N–H and O–H groups in total. The molecule has 5 nitrogen and oxygen atoms in total. The van der Waals surface area contributed by atoms with Crippen molar-refractivity contribution in [3.63, 3.8) is 0 Å². The maximum absolute atomic E-state index is 13.3. The SMILES string of the molecule is [C-]#[N+]C1=C(O)C(C)(C)[C@@H]2Cc3c(cnn3C(C)(C)C)C(=O)[C@@]2(C)C1. The van der Waals surface area contributed by atoms with Gasteiger partial charge in [-0.25, -0.2) is 4.85 Å². The highest BCUT2D eigenvalue weighted by molar-refractivity contribution is 6.03. The zero-order chi connectivity index (χ0) is 18.1. The number of aliphatic hydroxyl groups is 1. The summed E-state index contributed by atoms with van der Waals surface area (Å²) < 4.78 is 1.93. The molecular weight excluding hydrogens is 302 g/mol. The lowest BCUT2D eigenvalue weighted by atomic mass is 9.52. The summed E-state index contributed by atoms with van der Waals surface area (Å²) in [5, 5.41) is 15.1. The zero-order valence-electron chi connectivity index (χ0n) is 15.3. The van der Waals surface area contributed by atoms with Crippen LogP contribution in [0.25, 0.3) is 4.85 Å². The molecule has 0 bridgehead atoms. The number of rotatable bonds is 0. The number of nitrogens with zero attached hydrogens (tertiary/aromatic N) is 3. The van der Waals surface area contributed by atoms with Gasteiger partial charge >= 0.3 is 0 Å². The van der Waals surface area contributed by atoms with Crippen LogP contribution < -0.4 is 0 Å². The molecule has 2 aliphatic rings. The second-order valence-corrected chi connectivity index (χ2v) is 8.90. The van der Waals surface area contributed by atoms with Crippen molar-refractivity contribution < 1.29 is 9.90 Å². The zero-order valence-corrected chi connectivity index (χ0v) is 15.3. The summed E-state index contributed by atoms with van der Waals surface area (Å²) in [5.74, 6) is 0.123. The molecule has 0 saturated carbocycles. The van der Waals surface area contributed by atoms with Crippen LogP contribution >= 0.6 is 0 Å². The van der Waals surface area contributed by atoms with Gasteiger partial charge in [-0.2, -0.15) is 5.10 Å². The van der Waals surface area contributed by atoms with Crippen molar-refractivity contribution in [2.75, 3.05) is 0 Å². The van der Waals surface area contributed by atoms with Crippen LogP contribution in [0.2, 0.25) is 0 Å². The first-order valence-electron chi connectivity index (χ1n) is 8.37. The molecule has 0 spiro atoms. The summed E-state index contributed by atoms with van der Waals surface area (Å²) in [6, 6.07) is 0. The number of hydrogen-bond acceptors (Lipinski definition) is 3. The molecule has 0 amide bonds.